The molecule has 4 heteroatoms. The summed E-state index contributed by atoms with van der Waals surface area (Å²) < 4.78 is 6.44. The van der Waals surface area contributed by atoms with Gasteiger partial charge in [-0.25, -0.2) is 5.43 Å². The van der Waals surface area contributed by atoms with E-state index in [0.717, 1.165) is 15.8 Å². The van der Waals surface area contributed by atoms with Crippen molar-refractivity contribution in [1.29, 1.82) is 0 Å². The topological polar surface area (TPSA) is 51.2 Å². The van der Waals surface area contributed by atoms with Crippen molar-refractivity contribution in [3.8, 4) is 0 Å². The molecule has 0 saturated heterocycles. The summed E-state index contributed by atoms with van der Waals surface area (Å²) in [5.41, 5.74) is 6.88. The molecule has 94 valence electrons. The van der Waals surface area contributed by atoms with E-state index < -0.39 is 0 Å². The minimum Gasteiger partial charge on any atom is -0.466 e. The van der Waals surface area contributed by atoms with Gasteiger partial charge in [0.2, 0.25) is 0 Å². The van der Waals surface area contributed by atoms with E-state index in [4.69, 9.17) is 10.3 Å². The van der Waals surface area contributed by atoms with Crippen LogP contribution in [0, 0.1) is 0 Å². The van der Waals surface area contributed by atoms with E-state index in [1.54, 1.807) is 6.26 Å². The Morgan fingerprint density at radius 2 is 2.06 bits per heavy atom. The molecule has 1 aliphatic rings. The number of benzene rings is 1. The summed E-state index contributed by atoms with van der Waals surface area (Å²) in [4.78, 5) is 0. The lowest BCUT2D eigenvalue weighted by atomic mass is 10.00. The molecule has 3 nitrogen and oxygen atoms in total. The van der Waals surface area contributed by atoms with E-state index in [-0.39, 0.29) is 6.04 Å². The van der Waals surface area contributed by atoms with Crippen LogP contribution >= 0.6 is 15.9 Å². The zero-order chi connectivity index (χ0) is 12.5. The number of furan rings is 1. The Morgan fingerprint density at radius 3 is 2.78 bits per heavy atom. The third kappa shape index (κ3) is 2.00. The van der Waals surface area contributed by atoms with Crippen LogP contribution in [0.25, 0.3) is 0 Å². The van der Waals surface area contributed by atoms with E-state index in [9.17, 15) is 0 Å². The molecular formula is C14H15BrN2O. The number of rotatable bonds is 3. The molecule has 18 heavy (non-hydrogen) atoms. The molecule has 2 aromatic rings. The Bertz CT molecular complexity index is 565. The Kier molecular flexibility index (Phi) is 3.24. The highest BCUT2D eigenvalue weighted by Crippen LogP contribution is 2.31. The van der Waals surface area contributed by atoms with E-state index in [1.165, 1.54) is 30.4 Å². The average Bonchev–Trinajstić information content (AvgIpc) is 2.99. The van der Waals surface area contributed by atoms with Crippen LogP contribution in [0.5, 0.6) is 0 Å². The lowest BCUT2D eigenvalue weighted by Gasteiger charge is -2.15. The van der Waals surface area contributed by atoms with Crippen LogP contribution in [-0.2, 0) is 12.8 Å². The van der Waals surface area contributed by atoms with Crippen LogP contribution < -0.4 is 11.3 Å². The lowest BCUT2D eigenvalue weighted by molar-refractivity contribution is 0.449. The first-order valence-electron chi connectivity index (χ1n) is 6.10. The number of halogens is 1. The third-order valence-corrected chi connectivity index (χ3v) is 4.18. The van der Waals surface area contributed by atoms with Gasteiger partial charge in [0.1, 0.15) is 11.8 Å². The van der Waals surface area contributed by atoms with Crippen molar-refractivity contribution in [2.75, 3.05) is 0 Å². The van der Waals surface area contributed by atoms with E-state index >= 15 is 0 Å². The maximum absolute atomic E-state index is 5.68. The predicted molar refractivity (Wildman–Crippen MR) is 74.0 cm³/mol. The molecule has 1 aromatic carbocycles. The van der Waals surface area contributed by atoms with Crippen LogP contribution in [0.3, 0.4) is 0 Å². The first-order chi connectivity index (χ1) is 8.79. The molecule has 0 fully saturated rings. The molecule has 0 bridgehead atoms. The molecule has 1 atom stereocenters. The van der Waals surface area contributed by atoms with Crippen LogP contribution in [0.4, 0.5) is 0 Å². The fourth-order valence-corrected chi connectivity index (χ4v) is 3.04. The van der Waals surface area contributed by atoms with Crippen LogP contribution in [0.2, 0.25) is 0 Å². The number of aryl methyl sites for hydroxylation is 2. The second-order valence-electron chi connectivity index (χ2n) is 4.61. The van der Waals surface area contributed by atoms with Crippen molar-refractivity contribution >= 4 is 15.9 Å². The third-order valence-electron chi connectivity index (χ3n) is 3.53. The Hall–Kier alpha value is -1.10. The highest BCUT2D eigenvalue weighted by atomic mass is 79.9. The van der Waals surface area contributed by atoms with Crippen molar-refractivity contribution in [1.82, 2.24) is 5.43 Å². The zero-order valence-corrected chi connectivity index (χ0v) is 11.5. The average molecular weight is 307 g/mol. The molecule has 1 heterocycles. The van der Waals surface area contributed by atoms with Crippen molar-refractivity contribution in [3.05, 3.63) is 57.5 Å². The quantitative estimate of drug-likeness (QED) is 0.677. The van der Waals surface area contributed by atoms with Gasteiger partial charge in [0, 0.05) is 0 Å². The van der Waals surface area contributed by atoms with Gasteiger partial charge < -0.3 is 4.42 Å². The first kappa shape index (κ1) is 12.0. The number of hydrogen-bond donors (Lipinski definition) is 2. The van der Waals surface area contributed by atoms with E-state index in [1.807, 2.05) is 6.07 Å². The highest BCUT2D eigenvalue weighted by molar-refractivity contribution is 9.10. The monoisotopic (exact) mass is 306 g/mol. The van der Waals surface area contributed by atoms with Crippen molar-refractivity contribution in [2.24, 2.45) is 5.84 Å². The summed E-state index contributed by atoms with van der Waals surface area (Å²) in [6.45, 7) is 0. The fraction of sp³-hybridized carbons (Fsp3) is 0.286. The summed E-state index contributed by atoms with van der Waals surface area (Å²) in [6.07, 6.45) is 5.28. The molecule has 1 unspecified atom stereocenters. The molecule has 3 rings (SSSR count). The van der Waals surface area contributed by atoms with Gasteiger partial charge in [-0.3, -0.25) is 5.84 Å². The number of nitrogens with two attached hydrogens (primary N) is 1. The van der Waals surface area contributed by atoms with Gasteiger partial charge in [0.15, 0.2) is 0 Å². The molecule has 1 aliphatic carbocycles. The Balaban J connectivity index is 2.00. The minimum absolute atomic E-state index is 0.111. The number of hydrazine groups is 1. The molecule has 0 amide bonds. The van der Waals surface area contributed by atoms with Crippen LogP contribution in [0.1, 0.15) is 34.9 Å². The standard InChI is InChI=1S/C14H15BrN2O/c15-12-6-7-18-14(12)13(17-16)11-5-4-9-2-1-3-10(9)8-11/h4-8,13,17H,1-3,16H2. The van der Waals surface area contributed by atoms with Gasteiger partial charge in [-0.2, -0.15) is 0 Å². The summed E-state index contributed by atoms with van der Waals surface area (Å²) in [5, 5.41) is 0. The highest BCUT2D eigenvalue weighted by Gasteiger charge is 2.20. The normalized spacial score (nSPS) is 15.7. The lowest BCUT2D eigenvalue weighted by Crippen LogP contribution is -2.28. The van der Waals surface area contributed by atoms with Crippen LogP contribution in [-0.4, -0.2) is 0 Å². The molecule has 1 aromatic heterocycles. The summed E-state index contributed by atoms with van der Waals surface area (Å²) in [5.74, 6) is 6.49. The van der Waals surface area contributed by atoms with E-state index in [0.29, 0.717) is 0 Å². The first-order valence-corrected chi connectivity index (χ1v) is 6.89. The van der Waals surface area contributed by atoms with Gasteiger partial charge in [-0.1, -0.05) is 18.2 Å². The van der Waals surface area contributed by atoms with Gasteiger partial charge in [-0.15, -0.1) is 0 Å². The Morgan fingerprint density at radius 1 is 1.22 bits per heavy atom. The maximum atomic E-state index is 5.68. The van der Waals surface area contributed by atoms with Gasteiger partial charge in [0.25, 0.3) is 0 Å². The molecular weight excluding hydrogens is 292 g/mol. The number of hydrogen-bond acceptors (Lipinski definition) is 3. The molecule has 0 spiro atoms. The van der Waals surface area contributed by atoms with Gasteiger partial charge in [-0.05, 0) is 57.9 Å². The summed E-state index contributed by atoms with van der Waals surface area (Å²) in [6, 6.07) is 8.34. The smallest absolute Gasteiger partial charge is 0.140 e. The molecule has 0 saturated carbocycles. The maximum Gasteiger partial charge on any atom is 0.140 e. The molecule has 3 N–H and O–H groups in total. The largest absolute Gasteiger partial charge is 0.466 e. The molecule has 0 radical (unpaired) electrons. The van der Waals surface area contributed by atoms with Crippen molar-refractivity contribution in [3.63, 3.8) is 0 Å². The van der Waals surface area contributed by atoms with Gasteiger partial charge >= 0.3 is 0 Å². The summed E-state index contributed by atoms with van der Waals surface area (Å²) >= 11 is 3.48. The predicted octanol–water partition coefficient (Wildman–Crippen LogP) is 3.08. The van der Waals surface area contributed by atoms with Gasteiger partial charge in [0.05, 0.1) is 10.7 Å². The second-order valence-corrected chi connectivity index (χ2v) is 5.47. The van der Waals surface area contributed by atoms with Crippen molar-refractivity contribution < 1.29 is 4.42 Å². The zero-order valence-electron chi connectivity index (χ0n) is 9.95. The SMILES string of the molecule is NNC(c1ccc2c(c1)CCC2)c1occc1Br. The van der Waals surface area contributed by atoms with E-state index in [2.05, 4.69) is 39.6 Å². The number of fused-ring (bicyclic) bond motifs is 1. The minimum atomic E-state index is -0.111. The fourth-order valence-electron chi connectivity index (χ4n) is 2.61. The number of nitrogens with one attached hydrogen (secondary N) is 1. The second kappa shape index (κ2) is 4.88. The summed E-state index contributed by atoms with van der Waals surface area (Å²) in [7, 11) is 0. The van der Waals surface area contributed by atoms with Crippen LogP contribution in [0.15, 0.2) is 39.4 Å². The Labute approximate surface area is 114 Å². The molecule has 0 aliphatic heterocycles. The van der Waals surface area contributed by atoms with Crippen molar-refractivity contribution in [2.45, 2.75) is 25.3 Å².